The van der Waals surface area contributed by atoms with Gasteiger partial charge in [0.1, 0.15) is 6.04 Å². The van der Waals surface area contributed by atoms with E-state index in [0.29, 0.717) is 11.8 Å². The number of benzene rings is 3. The standard InChI is InChI=1S/C35H47N3O7S2/c1-23-17-27(29(18-23)33(40)37-35(2,3)4)21-32(39)30(19-24-11-7-6-8-12-24)36-34(41)31(38-46(5,42)43)22-47(44,45)28-16-15-25-13-9-10-14-26(25)20-28/h6-16,20,23,27,29-32,38-39H,17-19,21-22H2,1-5H3,(H,36,41)(H,37,40)/t23?,27?,29?,30-,31+,32+/m0/s1. The Kier molecular flexibility index (Phi) is 11.5. The minimum atomic E-state index is -4.13. The highest BCUT2D eigenvalue weighted by atomic mass is 32.2. The molecular weight excluding hydrogens is 639 g/mol. The van der Waals surface area contributed by atoms with Crippen molar-refractivity contribution in [2.24, 2.45) is 17.8 Å². The zero-order valence-corrected chi connectivity index (χ0v) is 29.3. The molecule has 4 rings (SSSR count). The number of carbonyl (C=O) groups is 2. The van der Waals surface area contributed by atoms with Crippen LogP contribution in [-0.2, 0) is 35.9 Å². The Bertz CT molecular complexity index is 1770. The molecule has 0 aromatic heterocycles. The van der Waals surface area contributed by atoms with E-state index in [1.807, 2.05) is 63.2 Å². The lowest BCUT2D eigenvalue weighted by Crippen LogP contribution is -2.55. The molecule has 0 bridgehead atoms. The zero-order chi connectivity index (χ0) is 34.6. The predicted octanol–water partition coefficient (Wildman–Crippen LogP) is 3.59. The van der Waals surface area contributed by atoms with Crippen molar-refractivity contribution in [3.63, 3.8) is 0 Å². The summed E-state index contributed by atoms with van der Waals surface area (Å²) < 4.78 is 54.0. The number of fused-ring (bicyclic) bond motifs is 1. The maximum Gasteiger partial charge on any atom is 0.239 e. The van der Waals surface area contributed by atoms with E-state index in [9.17, 15) is 31.5 Å². The molecule has 3 aromatic carbocycles. The van der Waals surface area contributed by atoms with Gasteiger partial charge in [-0.15, -0.1) is 0 Å². The molecule has 3 aromatic rings. The summed E-state index contributed by atoms with van der Waals surface area (Å²) >= 11 is 0. The van der Waals surface area contributed by atoms with Crippen LogP contribution >= 0.6 is 0 Å². The van der Waals surface area contributed by atoms with Crippen molar-refractivity contribution in [1.82, 2.24) is 15.4 Å². The van der Waals surface area contributed by atoms with Crippen molar-refractivity contribution < 1.29 is 31.5 Å². The largest absolute Gasteiger partial charge is 0.391 e. The van der Waals surface area contributed by atoms with Gasteiger partial charge in [0.25, 0.3) is 0 Å². The van der Waals surface area contributed by atoms with Gasteiger partial charge in [0, 0.05) is 11.5 Å². The van der Waals surface area contributed by atoms with Gasteiger partial charge in [0.2, 0.25) is 21.8 Å². The molecule has 10 nitrogen and oxygen atoms in total. The molecule has 12 heteroatoms. The Morgan fingerprint density at radius 3 is 2.19 bits per heavy atom. The molecule has 0 spiro atoms. The van der Waals surface area contributed by atoms with Crippen LogP contribution in [-0.4, -0.2) is 69.5 Å². The molecular formula is C35H47N3O7S2. The molecule has 47 heavy (non-hydrogen) atoms. The monoisotopic (exact) mass is 685 g/mol. The van der Waals surface area contributed by atoms with Crippen LogP contribution in [0, 0.1) is 17.8 Å². The van der Waals surface area contributed by atoms with Crippen molar-refractivity contribution in [3.8, 4) is 0 Å². The van der Waals surface area contributed by atoms with Gasteiger partial charge in [-0.3, -0.25) is 9.59 Å². The lowest BCUT2D eigenvalue weighted by molar-refractivity contribution is -0.128. The van der Waals surface area contributed by atoms with Gasteiger partial charge in [-0.1, -0.05) is 67.6 Å². The minimum absolute atomic E-state index is 0.0416. The first-order chi connectivity index (χ1) is 21.9. The molecule has 0 radical (unpaired) electrons. The van der Waals surface area contributed by atoms with Crippen LogP contribution in [0.1, 0.15) is 52.5 Å². The first kappa shape index (κ1) is 36.5. The number of aliphatic hydroxyl groups excluding tert-OH is 1. The van der Waals surface area contributed by atoms with Crippen LogP contribution in [0.2, 0.25) is 0 Å². The third-order valence-electron chi connectivity index (χ3n) is 8.54. The highest BCUT2D eigenvalue weighted by Crippen LogP contribution is 2.40. The summed E-state index contributed by atoms with van der Waals surface area (Å²) in [6.45, 7) is 7.82. The quantitative estimate of drug-likeness (QED) is 0.214. The second-order valence-electron chi connectivity index (χ2n) is 14.0. The number of hydrogen-bond acceptors (Lipinski definition) is 7. The predicted molar refractivity (Wildman–Crippen MR) is 184 cm³/mol. The summed E-state index contributed by atoms with van der Waals surface area (Å²) in [6.07, 6.45) is 1.60. The third-order valence-corrected chi connectivity index (χ3v) is 11.0. The summed E-state index contributed by atoms with van der Waals surface area (Å²) in [5, 5.41) is 19.0. The van der Waals surface area contributed by atoms with Crippen LogP contribution in [0.4, 0.5) is 0 Å². The Balaban J connectivity index is 1.58. The van der Waals surface area contributed by atoms with Crippen LogP contribution in [0.15, 0.2) is 77.7 Å². The van der Waals surface area contributed by atoms with Crippen molar-refractivity contribution in [3.05, 3.63) is 78.4 Å². The molecule has 3 unspecified atom stereocenters. The fourth-order valence-corrected chi connectivity index (χ4v) is 8.71. The topological polar surface area (TPSA) is 159 Å². The number of carbonyl (C=O) groups excluding carboxylic acids is 2. The first-order valence-electron chi connectivity index (χ1n) is 15.9. The van der Waals surface area contributed by atoms with Gasteiger partial charge in [0.05, 0.1) is 29.0 Å². The Labute approximate surface area is 278 Å². The molecule has 1 saturated carbocycles. The van der Waals surface area contributed by atoms with Crippen LogP contribution in [0.3, 0.4) is 0 Å². The highest BCUT2D eigenvalue weighted by Gasteiger charge is 2.40. The Morgan fingerprint density at radius 1 is 0.915 bits per heavy atom. The number of hydrogen-bond donors (Lipinski definition) is 4. The van der Waals surface area contributed by atoms with Gasteiger partial charge in [-0.2, -0.15) is 0 Å². The number of nitrogens with one attached hydrogen (secondary N) is 3. The Hall–Kier alpha value is -3.32. The molecule has 1 aliphatic rings. The van der Waals surface area contributed by atoms with Gasteiger partial charge < -0.3 is 15.7 Å². The fourth-order valence-electron chi connectivity index (χ4n) is 6.45. The number of rotatable bonds is 13. The van der Waals surface area contributed by atoms with Crippen molar-refractivity contribution in [2.45, 2.75) is 82.0 Å². The summed E-state index contributed by atoms with van der Waals surface area (Å²) in [6, 6.07) is 18.5. The van der Waals surface area contributed by atoms with Crippen LogP contribution in [0.25, 0.3) is 10.8 Å². The van der Waals surface area contributed by atoms with Crippen molar-refractivity contribution >= 4 is 42.4 Å². The molecule has 1 aliphatic carbocycles. The summed E-state index contributed by atoms with van der Waals surface area (Å²) in [5.74, 6) is -1.95. The number of aliphatic hydroxyl groups is 1. The number of amides is 2. The number of sulfonamides is 1. The summed E-state index contributed by atoms with van der Waals surface area (Å²) in [4.78, 5) is 26.9. The van der Waals surface area contributed by atoms with Crippen molar-refractivity contribution in [1.29, 1.82) is 0 Å². The smallest absolute Gasteiger partial charge is 0.239 e. The number of sulfone groups is 1. The second-order valence-corrected chi connectivity index (χ2v) is 17.8. The zero-order valence-electron chi connectivity index (χ0n) is 27.6. The molecule has 1 fully saturated rings. The molecule has 2 amide bonds. The molecule has 6 atom stereocenters. The van der Waals surface area contributed by atoms with E-state index in [1.54, 1.807) is 18.2 Å². The van der Waals surface area contributed by atoms with E-state index in [-0.39, 0.29) is 41.4 Å². The van der Waals surface area contributed by atoms with Gasteiger partial charge in [-0.05, 0) is 86.8 Å². The highest BCUT2D eigenvalue weighted by molar-refractivity contribution is 7.91. The molecule has 256 valence electrons. The summed E-state index contributed by atoms with van der Waals surface area (Å²) in [5.41, 5.74) is 0.403. The van der Waals surface area contributed by atoms with E-state index in [0.717, 1.165) is 23.6 Å². The summed E-state index contributed by atoms with van der Waals surface area (Å²) in [7, 11) is -8.15. The van der Waals surface area contributed by atoms with Gasteiger partial charge in [0.15, 0.2) is 9.84 Å². The average Bonchev–Trinajstić information content (AvgIpc) is 3.34. The lowest BCUT2D eigenvalue weighted by Gasteiger charge is -2.31. The molecule has 0 saturated heterocycles. The lowest BCUT2D eigenvalue weighted by atomic mass is 9.86. The van der Waals surface area contributed by atoms with E-state index >= 15 is 0 Å². The van der Waals surface area contributed by atoms with Crippen molar-refractivity contribution in [2.75, 3.05) is 12.0 Å². The third kappa shape index (κ3) is 10.6. The normalized spacial score (nSPS) is 20.8. The minimum Gasteiger partial charge on any atom is -0.391 e. The Morgan fingerprint density at radius 2 is 1.55 bits per heavy atom. The fraction of sp³-hybridized carbons (Fsp3) is 0.486. The average molecular weight is 686 g/mol. The van der Waals surface area contributed by atoms with E-state index in [4.69, 9.17) is 0 Å². The maximum absolute atomic E-state index is 13.8. The molecule has 0 heterocycles. The maximum atomic E-state index is 13.8. The molecule has 4 N–H and O–H groups in total. The van der Waals surface area contributed by atoms with Gasteiger partial charge in [-0.25, -0.2) is 21.6 Å². The van der Waals surface area contributed by atoms with Crippen LogP contribution < -0.4 is 15.4 Å². The van der Waals surface area contributed by atoms with E-state index in [2.05, 4.69) is 22.3 Å². The molecule has 0 aliphatic heterocycles. The van der Waals surface area contributed by atoms with E-state index < -0.39 is 55.2 Å². The second kappa shape index (κ2) is 14.8. The first-order valence-corrected chi connectivity index (χ1v) is 19.5. The SMILES string of the molecule is CC1CC(C[C@@H](O)[C@H](Cc2ccccc2)NC(=O)[C@@H](CS(=O)(=O)c2ccc3ccccc3c2)NS(C)(=O)=O)C(C(=O)NC(C)(C)C)C1. The van der Waals surface area contributed by atoms with Crippen LogP contribution in [0.5, 0.6) is 0 Å². The van der Waals surface area contributed by atoms with E-state index in [1.165, 1.54) is 12.1 Å². The van der Waals surface area contributed by atoms with Gasteiger partial charge >= 0.3 is 0 Å².